The maximum absolute atomic E-state index is 13.7. The molecule has 0 aromatic heterocycles. The molecule has 1 rings (SSSR count). The van der Waals surface area contributed by atoms with Crippen LogP contribution in [0.1, 0.15) is 11.1 Å². The Balaban J connectivity index is 3.67. The van der Waals surface area contributed by atoms with Gasteiger partial charge in [-0.1, -0.05) is 29.1 Å². The molecule has 1 aromatic carbocycles. The number of halogens is 9. The Labute approximate surface area is 118 Å². The van der Waals surface area contributed by atoms with E-state index in [4.69, 9.17) is 29.6 Å². The van der Waals surface area contributed by atoms with Crippen LogP contribution in [0.5, 0.6) is 0 Å². The Morgan fingerprint density at radius 1 is 0.850 bits per heavy atom. The first-order chi connectivity index (χ1) is 8.86. The first kappa shape index (κ1) is 16.9. The van der Waals surface area contributed by atoms with Gasteiger partial charge in [-0.3, -0.25) is 0 Å². The predicted molar refractivity (Wildman–Crippen MR) is 59.3 cm³/mol. The molecule has 20 heavy (non-hydrogen) atoms. The van der Waals surface area contributed by atoms with Crippen molar-refractivity contribution in [3.05, 3.63) is 33.3 Å². The minimum atomic E-state index is -6.24. The van der Waals surface area contributed by atoms with Crippen LogP contribution < -0.4 is 0 Å². The average molecular weight is 339 g/mol. The fourth-order valence-electron chi connectivity index (χ4n) is 1.40. The Kier molecular flexibility index (Phi) is 4.24. The van der Waals surface area contributed by atoms with Crippen molar-refractivity contribution in [2.75, 3.05) is 0 Å². The van der Waals surface area contributed by atoms with Crippen LogP contribution in [0, 0.1) is 12.3 Å². The molecule has 0 heterocycles. The van der Waals surface area contributed by atoms with Crippen molar-refractivity contribution in [1.29, 1.82) is 0 Å². The van der Waals surface area contributed by atoms with Crippen molar-refractivity contribution in [3.63, 3.8) is 0 Å². The summed E-state index contributed by atoms with van der Waals surface area (Å²) in [5.74, 6) is 1.87. The summed E-state index contributed by atoms with van der Waals surface area (Å²) in [6.07, 6.45) is -7.56. The lowest BCUT2D eigenvalue weighted by Crippen LogP contribution is -2.50. The van der Waals surface area contributed by atoms with E-state index in [2.05, 4.69) is 0 Å². The summed E-state index contributed by atoms with van der Waals surface area (Å²) in [5, 5.41) is -1.38. The van der Waals surface area contributed by atoms with Crippen LogP contribution in [0.15, 0.2) is 12.1 Å². The second-order valence-electron chi connectivity index (χ2n) is 3.61. The average Bonchev–Trinajstić information content (AvgIpc) is 2.24. The number of alkyl halides is 7. The third-order valence-electron chi connectivity index (χ3n) is 2.37. The molecule has 0 aliphatic carbocycles. The van der Waals surface area contributed by atoms with Gasteiger partial charge in [0.25, 0.3) is 0 Å². The number of benzene rings is 1. The summed E-state index contributed by atoms with van der Waals surface area (Å²) in [4.78, 5) is 0. The van der Waals surface area contributed by atoms with E-state index >= 15 is 0 Å². The first-order valence-electron chi connectivity index (χ1n) is 4.64. The fourth-order valence-corrected chi connectivity index (χ4v) is 1.99. The van der Waals surface area contributed by atoms with Crippen molar-refractivity contribution in [2.45, 2.75) is 18.0 Å². The minimum absolute atomic E-state index is 0.156. The number of hydrogen-bond acceptors (Lipinski definition) is 0. The lowest BCUT2D eigenvalue weighted by molar-refractivity contribution is -0.348. The van der Waals surface area contributed by atoms with Gasteiger partial charge in [0.2, 0.25) is 0 Å². The Morgan fingerprint density at radius 2 is 1.20 bits per heavy atom. The van der Waals surface area contributed by atoms with E-state index in [0.29, 0.717) is 0 Å². The van der Waals surface area contributed by atoms with Gasteiger partial charge in [-0.2, -0.15) is 26.3 Å². The van der Waals surface area contributed by atoms with Crippen LogP contribution in [-0.4, -0.2) is 12.4 Å². The Morgan fingerprint density at radius 3 is 1.45 bits per heavy atom. The molecule has 0 aliphatic rings. The van der Waals surface area contributed by atoms with Crippen molar-refractivity contribution >= 4 is 23.2 Å². The third kappa shape index (κ3) is 2.54. The summed E-state index contributed by atoms with van der Waals surface area (Å²) in [5.41, 5.74) is -7.71. The molecule has 9 heteroatoms. The highest BCUT2D eigenvalue weighted by Crippen LogP contribution is 2.54. The second-order valence-corrected chi connectivity index (χ2v) is 4.43. The number of rotatable bonds is 1. The molecular formula is C11H3Cl2F7. The Bertz CT molecular complexity index is 529. The molecule has 0 spiro atoms. The van der Waals surface area contributed by atoms with Gasteiger partial charge in [-0.15, -0.1) is 6.42 Å². The predicted octanol–water partition coefficient (Wildman–Crippen LogP) is 5.26. The molecular weight excluding hydrogens is 336 g/mol. The van der Waals surface area contributed by atoms with Crippen LogP contribution in [-0.2, 0) is 5.67 Å². The number of terminal acetylenes is 1. The van der Waals surface area contributed by atoms with Crippen LogP contribution in [0.2, 0.25) is 10.0 Å². The topological polar surface area (TPSA) is 0 Å². The van der Waals surface area contributed by atoms with E-state index in [0.717, 1.165) is 0 Å². The zero-order valence-electron chi connectivity index (χ0n) is 9.13. The van der Waals surface area contributed by atoms with Crippen molar-refractivity contribution in [3.8, 4) is 12.3 Å². The van der Waals surface area contributed by atoms with Gasteiger partial charge in [0.1, 0.15) is 0 Å². The summed E-state index contributed by atoms with van der Waals surface area (Å²) >= 11 is 10.8. The van der Waals surface area contributed by atoms with Crippen molar-refractivity contribution in [1.82, 2.24) is 0 Å². The fraction of sp³-hybridized carbons (Fsp3) is 0.273. The molecule has 0 N–H and O–H groups in total. The third-order valence-corrected chi connectivity index (χ3v) is 2.96. The van der Waals surface area contributed by atoms with Crippen LogP contribution >= 0.6 is 23.2 Å². The van der Waals surface area contributed by atoms with E-state index in [1.54, 1.807) is 0 Å². The zero-order chi connectivity index (χ0) is 15.9. The molecule has 110 valence electrons. The molecule has 0 amide bonds. The van der Waals surface area contributed by atoms with Gasteiger partial charge in [-0.25, -0.2) is 4.39 Å². The van der Waals surface area contributed by atoms with Crippen molar-refractivity contribution in [2.24, 2.45) is 0 Å². The first-order valence-corrected chi connectivity index (χ1v) is 5.40. The smallest absolute Gasteiger partial charge is 0.218 e. The molecule has 0 aliphatic heterocycles. The molecule has 0 saturated carbocycles. The normalized spacial score (nSPS) is 13.2. The molecule has 0 saturated heterocycles. The highest BCUT2D eigenvalue weighted by molar-refractivity contribution is 6.36. The summed E-state index contributed by atoms with van der Waals surface area (Å²) in [6.45, 7) is 0. The van der Waals surface area contributed by atoms with Gasteiger partial charge < -0.3 is 0 Å². The van der Waals surface area contributed by atoms with Gasteiger partial charge in [0.15, 0.2) is 0 Å². The largest absolute Gasteiger partial charge is 0.435 e. The molecule has 0 fully saturated rings. The summed E-state index contributed by atoms with van der Waals surface area (Å²) in [7, 11) is 0. The van der Waals surface area contributed by atoms with Gasteiger partial charge in [-0.05, 0) is 12.1 Å². The second kappa shape index (κ2) is 5.01. The highest BCUT2D eigenvalue weighted by Gasteiger charge is 2.73. The maximum atomic E-state index is 13.7. The van der Waals surface area contributed by atoms with Gasteiger partial charge in [0, 0.05) is 5.56 Å². The van der Waals surface area contributed by atoms with Crippen LogP contribution in [0.25, 0.3) is 0 Å². The van der Waals surface area contributed by atoms with Gasteiger partial charge >= 0.3 is 18.0 Å². The maximum Gasteiger partial charge on any atom is 0.435 e. The van der Waals surface area contributed by atoms with Crippen LogP contribution in [0.3, 0.4) is 0 Å². The van der Waals surface area contributed by atoms with E-state index < -0.39 is 33.6 Å². The van der Waals surface area contributed by atoms with E-state index in [9.17, 15) is 30.7 Å². The van der Waals surface area contributed by atoms with Crippen molar-refractivity contribution < 1.29 is 30.7 Å². The van der Waals surface area contributed by atoms with Crippen LogP contribution in [0.4, 0.5) is 30.7 Å². The summed E-state index contributed by atoms with van der Waals surface area (Å²) in [6, 6.07) is 0.313. The quantitative estimate of drug-likeness (QED) is 0.483. The lowest BCUT2D eigenvalue weighted by atomic mass is 9.93. The minimum Gasteiger partial charge on any atom is -0.218 e. The molecule has 0 bridgehead atoms. The summed E-state index contributed by atoms with van der Waals surface area (Å²) < 4.78 is 88.8. The number of hydrogen-bond donors (Lipinski definition) is 0. The molecule has 0 unspecified atom stereocenters. The van der Waals surface area contributed by atoms with E-state index in [1.165, 1.54) is 0 Å². The van der Waals surface area contributed by atoms with Gasteiger partial charge in [0.05, 0.1) is 15.6 Å². The molecule has 1 aromatic rings. The molecule has 0 atom stereocenters. The van der Waals surface area contributed by atoms with E-state index in [-0.39, 0.29) is 17.7 Å². The zero-order valence-corrected chi connectivity index (χ0v) is 10.6. The molecule has 0 radical (unpaired) electrons. The Hall–Kier alpha value is -1.13. The highest BCUT2D eigenvalue weighted by atomic mass is 35.5. The SMILES string of the molecule is C#Cc1c(Cl)cc(C(F)(C(F)(F)F)C(F)(F)F)cc1Cl. The standard InChI is InChI=1S/C11H3Cl2F7/c1-2-6-7(12)3-5(4-8(6)13)9(14,10(15,16)17)11(18,19)20/h1,3-4H. The lowest BCUT2D eigenvalue weighted by Gasteiger charge is -2.30. The monoisotopic (exact) mass is 338 g/mol. The van der Waals surface area contributed by atoms with E-state index in [1.807, 2.05) is 5.92 Å². The molecule has 0 nitrogen and oxygen atoms in total.